The minimum absolute atomic E-state index is 0.0498. The fourth-order valence-corrected chi connectivity index (χ4v) is 2.37. The second-order valence-electron chi connectivity index (χ2n) is 5.49. The Bertz CT molecular complexity index is 767. The molecule has 0 unspecified atom stereocenters. The van der Waals surface area contributed by atoms with Gasteiger partial charge in [0, 0.05) is 30.9 Å². The van der Waals surface area contributed by atoms with Crippen LogP contribution in [0, 0.1) is 5.82 Å². The van der Waals surface area contributed by atoms with Crippen LogP contribution in [0.2, 0.25) is 0 Å². The van der Waals surface area contributed by atoms with Crippen LogP contribution in [0.3, 0.4) is 0 Å². The zero-order chi connectivity index (χ0) is 17.1. The average molecular weight is 332 g/mol. The van der Waals surface area contributed by atoms with Crippen LogP contribution in [0.4, 0.5) is 18.9 Å². The topological polar surface area (TPSA) is 40.9 Å². The van der Waals surface area contributed by atoms with Gasteiger partial charge in [-0.3, -0.25) is 4.98 Å². The minimum Gasteiger partial charge on any atom is -0.369 e. The molecule has 0 radical (unpaired) electrons. The molecule has 3 rings (SSSR count). The van der Waals surface area contributed by atoms with Crippen LogP contribution < -0.4 is 4.90 Å². The van der Waals surface area contributed by atoms with Gasteiger partial charge in [0.2, 0.25) is 0 Å². The lowest BCUT2D eigenvalue weighted by atomic mass is 10.1. The zero-order valence-corrected chi connectivity index (χ0v) is 13.0. The first-order valence-electron chi connectivity index (χ1n) is 7.36. The highest BCUT2D eigenvalue weighted by Gasteiger charge is 2.21. The van der Waals surface area contributed by atoms with Gasteiger partial charge in [-0.1, -0.05) is 0 Å². The van der Waals surface area contributed by atoms with Crippen LogP contribution in [0.5, 0.6) is 0 Å². The molecular weight excluding hydrogens is 317 g/mol. The van der Waals surface area contributed by atoms with E-state index in [1.54, 1.807) is 24.4 Å². The van der Waals surface area contributed by atoms with Gasteiger partial charge in [0.1, 0.15) is 11.5 Å². The van der Waals surface area contributed by atoms with Crippen molar-refractivity contribution < 1.29 is 13.2 Å². The summed E-state index contributed by atoms with van der Waals surface area (Å²) in [7, 11) is 1.88. The van der Waals surface area contributed by atoms with E-state index in [4.69, 9.17) is 0 Å². The zero-order valence-electron chi connectivity index (χ0n) is 13.0. The number of pyridine rings is 1. The molecule has 2 aromatic rings. The highest BCUT2D eigenvalue weighted by atomic mass is 19.3. The first-order chi connectivity index (χ1) is 11.5. The summed E-state index contributed by atoms with van der Waals surface area (Å²) in [6, 6.07) is 9.81. The molecule has 2 heterocycles. The number of hydrogen-bond donors (Lipinski definition) is 0. The maximum absolute atomic E-state index is 12.9. The highest BCUT2D eigenvalue weighted by molar-refractivity contribution is 6.15. The second kappa shape index (κ2) is 6.82. The van der Waals surface area contributed by atoms with E-state index in [1.165, 1.54) is 12.1 Å². The Morgan fingerprint density at radius 2 is 1.83 bits per heavy atom. The second-order valence-corrected chi connectivity index (χ2v) is 5.49. The number of aromatic nitrogens is 1. The van der Waals surface area contributed by atoms with E-state index in [2.05, 4.69) is 15.2 Å². The Balaban J connectivity index is 1.64. The molecule has 1 aromatic heterocycles. The molecule has 0 amide bonds. The Labute approximate surface area is 137 Å². The van der Waals surface area contributed by atoms with Crippen molar-refractivity contribution in [2.24, 2.45) is 10.2 Å². The van der Waals surface area contributed by atoms with Crippen LogP contribution >= 0.6 is 0 Å². The molecule has 0 spiro atoms. The third-order valence-corrected chi connectivity index (χ3v) is 3.72. The van der Waals surface area contributed by atoms with E-state index >= 15 is 0 Å². The Morgan fingerprint density at radius 1 is 1.08 bits per heavy atom. The van der Waals surface area contributed by atoms with Crippen molar-refractivity contribution in [3.8, 4) is 0 Å². The summed E-state index contributed by atoms with van der Waals surface area (Å²) in [5.74, 6) is -0.280. The van der Waals surface area contributed by atoms with Crippen LogP contribution in [0.25, 0.3) is 0 Å². The summed E-state index contributed by atoms with van der Waals surface area (Å²) >= 11 is 0. The van der Waals surface area contributed by atoms with E-state index < -0.39 is 6.43 Å². The first-order valence-corrected chi connectivity index (χ1v) is 7.36. The molecule has 0 aliphatic carbocycles. The summed E-state index contributed by atoms with van der Waals surface area (Å²) in [5.41, 5.74) is 2.64. The summed E-state index contributed by atoms with van der Waals surface area (Å²) in [4.78, 5) is 6.28. The normalized spacial score (nSPS) is 13.9. The van der Waals surface area contributed by atoms with Crippen molar-refractivity contribution in [3.63, 3.8) is 0 Å². The van der Waals surface area contributed by atoms with Gasteiger partial charge in [-0.15, -0.1) is 0 Å². The maximum atomic E-state index is 12.9. The molecule has 124 valence electrons. The van der Waals surface area contributed by atoms with E-state index in [9.17, 15) is 13.2 Å². The van der Waals surface area contributed by atoms with Gasteiger partial charge < -0.3 is 4.90 Å². The van der Waals surface area contributed by atoms with Gasteiger partial charge in [0.25, 0.3) is 6.43 Å². The molecule has 1 aromatic carbocycles. The lowest BCUT2D eigenvalue weighted by molar-refractivity contribution is 0.224. The highest BCUT2D eigenvalue weighted by Crippen LogP contribution is 2.17. The third kappa shape index (κ3) is 3.61. The summed E-state index contributed by atoms with van der Waals surface area (Å²) in [5, 5.41) is 7.29. The number of alkyl halides is 2. The van der Waals surface area contributed by atoms with Crippen molar-refractivity contribution >= 4 is 17.1 Å². The van der Waals surface area contributed by atoms with Crippen LogP contribution in [-0.2, 0) is 6.54 Å². The number of rotatable bonds is 5. The Morgan fingerprint density at radius 3 is 2.42 bits per heavy atom. The fraction of sp³-hybridized carbons (Fsp3) is 0.235. The molecule has 7 heteroatoms. The monoisotopic (exact) mass is 332 g/mol. The third-order valence-electron chi connectivity index (χ3n) is 3.72. The van der Waals surface area contributed by atoms with Crippen molar-refractivity contribution in [2.45, 2.75) is 19.4 Å². The van der Waals surface area contributed by atoms with Crippen molar-refractivity contribution in [2.75, 3.05) is 11.9 Å². The van der Waals surface area contributed by atoms with Gasteiger partial charge in [-0.25, -0.2) is 13.2 Å². The van der Waals surface area contributed by atoms with E-state index in [1.807, 2.05) is 18.0 Å². The first kappa shape index (κ1) is 16.2. The molecular formula is C17H15F3N4. The lowest BCUT2D eigenvalue weighted by Crippen LogP contribution is -2.17. The lowest BCUT2D eigenvalue weighted by Gasteiger charge is -2.18. The number of nitrogens with zero attached hydrogens (tertiary/aromatic N) is 4. The molecule has 1 aliphatic heterocycles. The molecule has 24 heavy (non-hydrogen) atoms. The SMILES string of the molecule is CN(Cc1ccc(C2=NN=C(C(F)F)C2)cn1)c1ccc(F)cc1. The Kier molecular flexibility index (Phi) is 4.59. The molecule has 0 N–H and O–H groups in total. The van der Waals surface area contributed by atoms with Gasteiger partial charge in [0.05, 0.1) is 18.0 Å². The number of halogens is 3. The Hall–Kier alpha value is -2.70. The molecule has 0 saturated heterocycles. The standard InChI is InChI=1S/C17H15F3N4/c1-24(14-6-3-12(18)4-7-14)10-13-5-2-11(9-21-13)15-8-16(17(19)20)23-22-15/h2-7,9,17H,8,10H2,1H3. The fourth-order valence-electron chi connectivity index (χ4n) is 2.37. The number of benzene rings is 1. The molecule has 1 aliphatic rings. The van der Waals surface area contributed by atoms with Crippen molar-refractivity contribution in [1.29, 1.82) is 0 Å². The van der Waals surface area contributed by atoms with Crippen LogP contribution in [0.15, 0.2) is 52.8 Å². The summed E-state index contributed by atoms with van der Waals surface area (Å²) < 4.78 is 38.1. The van der Waals surface area contributed by atoms with E-state index in [0.717, 1.165) is 11.4 Å². The van der Waals surface area contributed by atoms with Gasteiger partial charge in [-0.2, -0.15) is 10.2 Å². The predicted molar refractivity (Wildman–Crippen MR) is 87.3 cm³/mol. The van der Waals surface area contributed by atoms with E-state index in [-0.39, 0.29) is 17.9 Å². The van der Waals surface area contributed by atoms with Crippen molar-refractivity contribution in [3.05, 3.63) is 59.7 Å². The van der Waals surface area contributed by atoms with Crippen LogP contribution in [0.1, 0.15) is 17.7 Å². The van der Waals surface area contributed by atoms with Gasteiger partial charge in [-0.05, 0) is 36.4 Å². The predicted octanol–water partition coefficient (Wildman–Crippen LogP) is 3.67. The van der Waals surface area contributed by atoms with Crippen LogP contribution in [-0.4, -0.2) is 29.9 Å². The minimum atomic E-state index is -2.58. The van der Waals surface area contributed by atoms with E-state index in [0.29, 0.717) is 17.8 Å². The largest absolute Gasteiger partial charge is 0.369 e. The maximum Gasteiger partial charge on any atom is 0.278 e. The van der Waals surface area contributed by atoms with Crippen molar-refractivity contribution in [1.82, 2.24) is 4.98 Å². The van der Waals surface area contributed by atoms with Gasteiger partial charge in [0.15, 0.2) is 0 Å². The molecule has 4 nitrogen and oxygen atoms in total. The molecule has 0 saturated carbocycles. The molecule has 0 atom stereocenters. The van der Waals surface area contributed by atoms with Gasteiger partial charge >= 0.3 is 0 Å². The summed E-state index contributed by atoms with van der Waals surface area (Å²) in [6.07, 6.45) is -0.923. The molecule has 0 bridgehead atoms. The average Bonchev–Trinajstić information content (AvgIpc) is 3.06. The summed E-state index contributed by atoms with van der Waals surface area (Å²) in [6.45, 7) is 0.539. The number of anilines is 1. The number of hydrogen-bond acceptors (Lipinski definition) is 4. The quantitative estimate of drug-likeness (QED) is 0.838. The molecule has 0 fully saturated rings. The smallest absolute Gasteiger partial charge is 0.278 e.